The SMILES string of the molecule is CCC(=O)CC(=O)CCC=CC=O. The highest BCUT2D eigenvalue weighted by atomic mass is 16.1. The summed E-state index contributed by atoms with van der Waals surface area (Å²) in [6.07, 6.45) is 4.98. The van der Waals surface area contributed by atoms with Crippen LogP contribution in [0, 0.1) is 0 Å². The third-order valence-corrected chi connectivity index (χ3v) is 1.59. The number of rotatable bonds is 7. The summed E-state index contributed by atoms with van der Waals surface area (Å²) in [5, 5.41) is 0. The van der Waals surface area contributed by atoms with Crippen molar-refractivity contribution in [3.05, 3.63) is 12.2 Å². The molecular formula is C10H14O3. The predicted molar refractivity (Wildman–Crippen MR) is 49.4 cm³/mol. The molecule has 0 aromatic heterocycles. The zero-order valence-corrected chi connectivity index (χ0v) is 7.79. The molecule has 3 heteroatoms. The average molecular weight is 182 g/mol. The highest BCUT2D eigenvalue weighted by Crippen LogP contribution is 1.98. The van der Waals surface area contributed by atoms with E-state index in [0.29, 0.717) is 25.5 Å². The molecule has 0 saturated carbocycles. The van der Waals surface area contributed by atoms with Crippen molar-refractivity contribution in [3.8, 4) is 0 Å². The number of Topliss-reactive ketones (excluding diaryl/α,β-unsaturated/α-hetero) is 2. The summed E-state index contributed by atoms with van der Waals surface area (Å²) in [5.41, 5.74) is 0. The molecule has 0 spiro atoms. The molecule has 72 valence electrons. The van der Waals surface area contributed by atoms with Crippen LogP contribution in [0.4, 0.5) is 0 Å². The van der Waals surface area contributed by atoms with Crippen LogP contribution in [-0.4, -0.2) is 17.9 Å². The van der Waals surface area contributed by atoms with E-state index in [9.17, 15) is 14.4 Å². The monoisotopic (exact) mass is 182 g/mol. The Hall–Kier alpha value is -1.25. The lowest BCUT2D eigenvalue weighted by Crippen LogP contribution is -2.05. The number of aldehydes is 1. The molecule has 0 heterocycles. The summed E-state index contributed by atoms with van der Waals surface area (Å²) in [7, 11) is 0. The molecule has 0 rings (SSSR count). The van der Waals surface area contributed by atoms with Gasteiger partial charge in [-0.2, -0.15) is 0 Å². The van der Waals surface area contributed by atoms with Gasteiger partial charge < -0.3 is 0 Å². The summed E-state index contributed by atoms with van der Waals surface area (Å²) in [6.45, 7) is 1.74. The van der Waals surface area contributed by atoms with E-state index in [4.69, 9.17) is 0 Å². The Morgan fingerprint density at radius 2 is 1.92 bits per heavy atom. The van der Waals surface area contributed by atoms with Crippen molar-refractivity contribution in [1.82, 2.24) is 0 Å². The van der Waals surface area contributed by atoms with Gasteiger partial charge >= 0.3 is 0 Å². The van der Waals surface area contributed by atoms with E-state index >= 15 is 0 Å². The summed E-state index contributed by atoms with van der Waals surface area (Å²) >= 11 is 0. The molecule has 0 aliphatic carbocycles. The number of carbonyl (C=O) groups is 3. The second-order valence-corrected chi connectivity index (χ2v) is 2.71. The molecule has 0 bridgehead atoms. The summed E-state index contributed by atoms with van der Waals surface area (Å²) in [5.74, 6) is -0.0771. The summed E-state index contributed by atoms with van der Waals surface area (Å²) in [6, 6.07) is 0. The van der Waals surface area contributed by atoms with Gasteiger partial charge in [-0.05, 0) is 12.5 Å². The van der Waals surface area contributed by atoms with Gasteiger partial charge in [0.25, 0.3) is 0 Å². The largest absolute Gasteiger partial charge is 0.299 e. The van der Waals surface area contributed by atoms with E-state index in [-0.39, 0.29) is 18.0 Å². The van der Waals surface area contributed by atoms with Crippen molar-refractivity contribution in [2.24, 2.45) is 0 Å². The molecule has 0 aliphatic rings. The van der Waals surface area contributed by atoms with E-state index in [0.717, 1.165) is 0 Å². The lowest BCUT2D eigenvalue weighted by atomic mass is 10.1. The van der Waals surface area contributed by atoms with Gasteiger partial charge in [0.2, 0.25) is 0 Å². The molecule has 0 aliphatic heterocycles. The molecule has 0 aromatic carbocycles. The van der Waals surface area contributed by atoms with E-state index < -0.39 is 0 Å². The number of ketones is 2. The van der Waals surface area contributed by atoms with Gasteiger partial charge in [0.15, 0.2) is 0 Å². The number of allylic oxidation sites excluding steroid dienone is 2. The Kier molecular flexibility index (Phi) is 6.69. The molecule has 0 N–H and O–H groups in total. The fourth-order valence-corrected chi connectivity index (χ4v) is 0.829. The first-order valence-corrected chi connectivity index (χ1v) is 4.34. The van der Waals surface area contributed by atoms with Crippen LogP contribution in [0.15, 0.2) is 12.2 Å². The maximum atomic E-state index is 11.0. The Morgan fingerprint density at radius 3 is 2.46 bits per heavy atom. The van der Waals surface area contributed by atoms with Gasteiger partial charge in [0.05, 0.1) is 6.42 Å². The molecule has 0 aromatic rings. The molecule has 0 unspecified atom stereocenters. The summed E-state index contributed by atoms with van der Waals surface area (Å²) < 4.78 is 0. The van der Waals surface area contributed by atoms with Crippen LogP contribution in [0.1, 0.15) is 32.6 Å². The van der Waals surface area contributed by atoms with Crippen molar-refractivity contribution in [1.29, 1.82) is 0 Å². The third kappa shape index (κ3) is 7.12. The third-order valence-electron chi connectivity index (χ3n) is 1.59. The fraction of sp³-hybridized carbons (Fsp3) is 0.500. The minimum atomic E-state index is -0.0533. The normalized spacial score (nSPS) is 10.2. The fourth-order valence-electron chi connectivity index (χ4n) is 0.829. The van der Waals surface area contributed by atoms with Crippen LogP contribution < -0.4 is 0 Å². The summed E-state index contributed by atoms with van der Waals surface area (Å²) in [4.78, 5) is 31.7. The molecule has 0 radical (unpaired) electrons. The van der Waals surface area contributed by atoms with Gasteiger partial charge in [-0.1, -0.05) is 13.0 Å². The van der Waals surface area contributed by atoms with Gasteiger partial charge in [-0.15, -0.1) is 0 Å². The van der Waals surface area contributed by atoms with Gasteiger partial charge in [-0.3, -0.25) is 14.4 Å². The quantitative estimate of drug-likeness (QED) is 0.340. The highest BCUT2D eigenvalue weighted by molar-refractivity contribution is 5.98. The Bertz CT molecular complexity index is 216. The first kappa shape index (κ1) is 11.8. The number of hydrogen-bond donors (Lipinski definition) is 0. The molecule has 13 heavy (non-hydrogen) atoms. The zero-order chi connectivity index (χ0) is 10.1. The standard InChI is InChI=1S/C10H14O3/c1-2-9(12)8-10(13)6-4-3-5-7-11/h3,5,7H,2,4,6,8H2,1H3. The zero-order valence-electron chi connectivity index (χ0n) is 7.79. The lowest BCUT2D eigenvalue weighted by molar-refractivity contribution is -0.126. The molecule has 0 amide bonds. The Labute approximate surface area is 77.8 Å². The highest BCUT2D eigenvalue weighted by Gasteiger charge is 2.05. The Morgan fingerprint density at radius 1 is 1.23 bits per heavy atom. The van der Waals surface area contributed by atoms with Crippen LogP contribution >= 0.6 is 0 Å². The maximum Gasteiger partial charge on any atom is 0.142 e. The van der Waals surface area contributed by atoms with Gasteiger partial charge in [-0.25, -0.2) is 0 Å². The topological polar surface area (TPSA) is 51.2 Å². The second kappa shape index (κ2) is 7.40. The van der Waals surface area contributed by atoms with E-state index in [2.05, 4.69) is 0 Å². The molecule has 0 fully saturated rings. The molecule has 0 saturated heterocycles. The molecule has 0 atom stereocenters. The van der Waals surface area contributed by atoms with E-state index in [1.165, 1.54) is 6.08 Å². The van der Waals surface area contributed by atoms with Gasteiger partial charge in [0.1, 0.15) is 17.9 Å². The van der Waals surface area contributed by atoms with Crippen LogP contribution in [-0.2, 0) is 14.4 Å². The molecular weight excluding hydrogens is 168 g/mol. The first-order chi connectivity index (χ1) is 6.20. The average Bonchev–Trinajstić information content (AvgIpc) is 2.12. The minimum absolute atomic E-state index is 0.0237. The van der Waals surface area contributed by atoms with Crippen molar-refractivity contribution in [3.63, 3.8) is 0 Å². The van der Waals surface area contributed by atoms with Crippen LogP contribution in [0.25, 0.3) is 0 Å². The Balaban J connectivity index is 3.57. The van der Waals surface area contributed by atoms with Crippen molar-refractivity contribution in [2.75, 3.05) is 0 Å². The van der Waals surface area contributed by atoms with Gasteiger partial charge in [0, 0.05) is 12.8 Å². The van der Waals surface area contributed by atoms with Crippen LogP contribution in [0.3, 0.4) is 0 Å². The predicted octanol–water partition coefficient (Wildman–Crippen LogP) is 1.46. The lowest BCUT2D eigenvalue weighted by Gasteiger charge is -1.95. The van der Waals surface area contributed by atoms with Crippen molar-refractivity contribution < 1.29 is 14.4 Å². The van der Waals surface area contributed by atoms with E-state index in [1.54, 1.807) is 13.0 Å². The van der Waals surface area contributed by atoms with Crippen LogP contribution in [0.2, 0.25) is 0 Å². The maximum absolute atomic E-state index is 11.0. The number of carbonyl (C=O) groups excluding carboxylic acids is 3. The first-order valence-electron chi connectivity index (χ1n) is 4.34. The second-order valence-electron chi connectivity index (χ2n) is 2.71. The van der Waals surface area contributed by atoms with Crippen molar-refractivity contribution >= 4 is 17.9 Å². The van der Waals surface area contributed by atoms with Crippen LogP contribution in [0.5, 0.6) is 0 Å². The minimum Gasteiger partial charge on any atom is -0.299 e. The molecule has 3 nitrogen and oxygen atoms in total. The van der Waals surface area contributed by atoms with Crippen molar-refractivity contribution in [2.45, 2.75) is 32.6 Å². The number of hydrogen-bond acceptors (Lipinski definition) is 3. The van der Waals surface area contributed by atoms with E-state index in [1.807, 2.05) is 0 Å². The smallest absolute Gasteiger partial charge is 0.142 e.